The molecule has 0 aromatic carbocycles. The van der Waals surface area contributed by atoms with Crippen molar-refractivity contribution in [1.82, 2.24) is 5.32 Å². The third-order valence-electron chi connectivity index (χ3n) is 3.20. The van der Waals surface area contributed by atoms with Crippen LogP contribution in [-0.4, -0.2) is 28.8 Å². The quantitative estimate of drug-likeness (QED) is 0.176. The molecule has 5 heteroatoms. The van der Waals surface area contributed by atoms with Gasteiger partial charge in [0.05, 0.1) is 0 Å². The maximum atomic E-state index is 5.36. The third-order valence-corrected chi connectivity index (χ3v) is 6.03. The molecule has 0 saturated heterocycles. The minimum absolute atomic E-state index is 0.292. The van der Waals surface area contributed by atoms with Crippen LogP contribution in [0.2, 0.25) is 0 Å². The zero-order chi connectivity index (χ0) is 12.5. The van der Waals surface area contributed by atoms with E-state index in [1.807, 2.05) is 6.26 Å². The van der Waals surface area contributed by atoms with Gasteiger partial charge in [-0.2, -0.15) is 0 Å². The van der Waals surface area contributed by atoms with Crippen LogP contribution in [0.4, 0.5) is 0 Å². The average molecular weight is 355 g/mol. The SMILES string of the molecule is CC[I-]CC(CNC[NH3+])C1CCC1=COCN. The first-order chi connectivity index (χ1) is 8.33. The molecule has 0 aliphatic heterocycles. The van der Waals surface area contributed by atoms with Gasteiger partial charge in [-0.1, -0.05) is 0 Å². The first kappa shape index (κ1) is 15.2. The van der Waals surface area contributed by atoms with Gasteiger partial charge in [0.15, 0.2) is 0 Å². The Kier molecular flexibility index (Phi) is 8.17. The Morgan fingerprint density at radius 2 is 2.53 bits per heavy atom. The monoisotopic (exact) mass is 355 g/mol. The van der Waals surface area contributed by atoms with Crippen molar-refractivity contribution in [3.05, 3.63) is 11.8 Å². The van der Waals surface area contributed by atoms with E-state index in [1.54, 1.807) is 0 Å². The standard InChI is InChI=1S/C12H25IN3O/c1-2-13-5-11(6-16-8-14)12-4-3-10(12)7-17-9-15/h7,11-12,16H,2-6,8-9,14-15H2,1H3/q-1/p+1. The van der Waals surface area contributed by atoms with Gasteiger partial charge in [0.25, 0.3) is 0 Å². The van der Waals surface area contributed by atoms with E-state index in [-0.39, 0.29) is 0 Å². The topological polar surface area (TPSA) is 74.9 Å². The minimum atomic E-state index is 0.292. The summed E-state index contributed by atoms with van der Waals surface area (Å²) in [6.45, 7) is 4.52. The van der Waals surface area contributed by atoms with Gasteiger partial charge >= 0.3 is 115 Å². The molecule has 0 aromatic rings. The number of alkyl halides is 2. The molecule has 2 atom stereocenters. The second-order valence-electron chi connectivity index (χ2n) is 4.25. The van der Waals surface area contributed by atoms with Crippen LogP contribution >= 0.6 is 0 Å². The Labute approximate surface area is 115 Å². The van der Waals surface area contributed by atoms with Crippen LogP contribution in [0, 0.1) is 11.8 Å². The molecule has 0 heterocycles. The maximum absolute atomic E-state index is 5.36. The number of hydrogen-bond donors (Lipinski definition) is 3. The van der Waals surface area contributed by atoms with Crippen LogP contribution in [0.15, 0.2) is 11.8 Å². The summed E-state index contributed by atoms with van der Waals surface area (Å²) < 4.78 is 8.01. The third kappa shape index (κ3) is 5.11. The number of rotatable bonds is 9. The second kappa shape index (κ2) is 9.13. The summed E-state index contributed by atoms with van der Waals surface area (Å²) in [6, 6.07) is 0. The zero-order valence-electron chi connectivity index (χ0n) is 10.8. The summed E-state index contributed by atoms with van der Waals surface area (Å²) in [6.07, 6.45) is 4.41. The first-order valence-electron chi connectivity index (χ1n) is 6.37. The summed E-state index contributed by atoms with van der Waals surface area (Å²) >= 11 is 0.378. The van der Waals surface area contributed by atoms with E-state index in [4.69, 9.17) is 10.5 Å². The molecule has 4 nitrogen and oxygen atoms in total. The van der Waals surface area contributed by atoms with Gasteiger partial charge in [0.2, 0.25) is 0 Å². The van der Waals surface area contributed by atoms with Gasteiger partial charge < -0.3 is 0 Å². The molecular weight excluding hydrogens is 329 g/mol. The summed E-state index contributed by atoms with van der Waals surface area (Å²) in [5, 5.41) is 3.40. The van der Waals surface area contributed by atoms with E-state index in [1.165, 1.54) is 27.3 Å². The van der Waals surface area contributed by atoms with E-state index in [0.29, 0.717) is 27.9 Å². The number of hydrogen-bond acceptors (Lipinski definition) is 3. The molecule has 6 N–H and O–H groups in total. The molecule has 102 valence electrons. The number of quaternary nitrogens is 1. The van der Waals surface area contributed by atoms with Gasteiger partial charge in [-0.25, -0.2) is 0 Å². The molecule has 1 saturated carbocycles. The van der Waals surface area contributed by atoms with Crippen LogP contribution in [0.3, 0.4) is 0 Å². The van der Waals surface area contributed by atoms with Crippen molar-refractivity contribution in [3.8, 4) is 0 Å². The van der Waals surface area contributed by atoms with Crippen LogP contribution in [0.5, 0.6) is 0 Å². The molecule has 1 aliphatic carbocycles. The number of halogens is 1. The van der Waals surface area contributed by atoms with Crippen LogP contribution in [0.1, 0.15) is 19.8 Å². The molecule has 1 rings (SSSR count). The van der Waals surface area contributed by atoms with Gasteiger partial charge in [0, 0.05) is 0 Å². The Morgan fingerprint density at radius 1 is 1.71 bits per heavy atom. The van der Waals surface area contributed by atoms with Crippen LogP contribution in [0.25, 0.3) is 0 Å². The predicted molar refractivity (Wildman–Crippen MR) is 65.6 cm³/mol. The molecule has 0 radical (unpaired) electrons. The van der Waals surface area contributed by atoms with Crippen molar-refractivity contribution in [2.75, 3.05) is 28.8 Å². The fraction of sp³-hybridized carbons (Fsp3) is 0.833. The van der Waals surface area contributed by atoms with Crippen molar-refractivity contribution < 1.29 is 31.7 Å². The van der Waals surface area contributed by atoms with Gasteiger partial charge in [-0.3, -0.25) is 0 Å². The fourth-order valence-corrected chi connectivity index (χ4v) is 4.51. The van der Waals surface area contributed by atoms with E-state index in [2.05, 4.69) is 18.0 Å². The molecule has 1 aliphatic rings. The number of allylic oxidation sites excluding steroid dienone is 1. The molecule has 0 aromatic heterocycles. The molecule has 1 fully saturated rings. The van der Waals surface area contributed by atoms with E-state index in [9.17, 15) is 0 Å². The van der Waals surface area contributed by atoms with E-state index < -0.39 is 0 Å². The summed E-state index contributed by atoms with van der Waals surface area (Å²) in [7, 11) is 0. The molecular formula is C12H26IN3O. The molecule has 0 spiro atoms. The van der Waals surface area contributed by atoms with Gasteiger partial charge in [0.1, 0.15) is 0 Å². The normalized spacial score (nSPS) is 23.7. The van der Waals surface area contributed by atoms with Crippen LogP contribution in [-0.2, 0) is 4.74 Å². The Balaban J connectivity index is 2.44. The Hall–Kier alpha value is 0.150. The van der Waals surface area contributed by atoms with Crippen molar-refractivity contribution in [3.63, 3.8) is 0 Å². The second-order valence-corrected chi connectivity index (χ2v) is 7.73. The summed E-state index contributed by atoms with van der Waals surface area (Å²) in [5.41, 5.74) is 10.7. The number of ether oxygens (including phenoxy) is 1. The first-order valence-corrected chi connectivity index (χ1v) is 9.42. The fourth-order valence-electron chi connectivity index (χ4n) is 2.16. The average Bonchev–Trinajstić information content (AvgIpc) is 2.31. The number of nitrogens with two attached hydrogens (primary N) is 1. The molecule has 17 heavy (non-hydrogen) atoms. The van der Waals surface area contributed by atoms with Crippen molar-refractivity contribution in [2.45, 2.75) is 19.8 Å². The Bertz CT molecular complexity index is 228. The van der Waals surface area contributed by atoms with Crippen molar-refractivity contribution in [1.29, 1.82) is 0 Å². The van der Waals surface area contributed by atoms with Crippen molar-refractivity contribution in [2.24, 2.45) is 17.6 Å². The summed E-state index contributed by atoms with van der Waals surface area (Å²) in [4.78, 5) is 0. The zero-order valence-corrected chi connectivity index (χ0v) is 12.9. The summed E-state index contributed by atoms with van der Waals surface area (Å²) in [5.74, 6) is 1.51. The van der Waals surface area contributed by atoms with Crippen LogP contribution < -0.4 is 38.0 Å². The van der Waals surface area contributed by atoms with E-state index in [0.717, 1.165) is 25.0 Å². The predicted octanol–water partition coefficient (Wildman–Crippen LogP) is -3.27. The van der Waals surface area contributed by atoms with E-state index >= 15 is 0 Å². The molecule has 0 bridgehead atoms. The van der Waals surface area contributed by atoms with Gasteiger partial charge in [-0.15, -0.1) is 0 Å². The number of nitrogens with one attached hydrogen (secondary N) is 1. The van der Waals surface area contributed by atoms with Gasteiger partial charge in [-0.05, 0) is 0 Å². The van der Waals surface area contributed by atoms with Crippen molar-refractivity contribution >= 4 is 0 Å². The molecule has 0 amide bonds. The Morgan fingerprint density at radius 3 is 3.06 bits per heavy atom. The molecule has 2 unspecified atom stereocenters.